The second kappa shape index (κ2) is 7.66. The maximum absolute atomic E-state index is 12.9. The van der Waals surface area contributed by atoms with Crippen LogP contribution in [0.5, 0.6) is 0 Å². The van der Waals surface area contributed by atoms with Crippen molar-refractivity contribution in [2.75, 3.05) is 5.32 Å². The highest BCUT2D eigenvalue weighted by atomic mass is 35.5. The van der Waals surface area contributed by atoms with Crippen LogP contribution in [0.15, 0.2) is 60.7 Å². The summed E-state index contributed by atoms with van der Waals surface area (Å²) in [5, 5.41) is 3.32. The van der Waals surface area contributed by atoms with E-state index in [9.17, 15) is 18.0 Å². The molecule has 9 heteroatoms. The van der Waals surface area contributed by atoms with Gasteiger partial charge < -0.3 is 10.3 Å². The number of aromatic amines is 1. The van der Waals surface area contributed by atoms with E-state index >= 15 is 0 Å². The van der Waals surface area contributed by atoms with Crippen molar-refractivity contribution in [3.05, 3.63) is 81.8 Å². The summed E-state index contributed by atoms with van der Waals surface area (Å²) in [7, 11) is 0. The molecule has 1 aromatic heterocycles. The summed E-state index contributed by atoms with van der Waals surface area (Å²) in [5.41, 5.74) is 1.12. The van der Waals surface area contributed by atoms with Crippen molar-refractivity contribution >= 4 is 45.8 Å². The van der Waals surface area contributed by atoms with Gasteiger partial charge in [-0.05, 0) is 48.5 Å². The second-order valence-electron chi connectivity index (χ2n) is 6.45. The molecule has 0 spiro atoms. The first kappa shape index (κ1) is 20.3. The Balaban J connectivity index is 1.63. The van der Waals surface area contributed by atoms with Crippen LogP contribution in [0.2, 0.25) is 10.0 Å². The lowest BCUT2D eigenvalue weighted by Gasteiger charge is -2.10. The van der Waals surface area contributed by atoms with Gasteiger partial charge in [-0.2, -0.15) is 13.2 Å². The fourth-order valence-corrected chi connectivity index (χ4v) is 3.55. The van der Waals surface area contributed by atoms with Gasteiger partial charge in [0.15, 0.2) is 0 Å². The summed E-state index contributed by atoms with van der Waals surface area (Å²) >= 11 is 12.4. The van der Waals surface area contributed by atoms with Crippen LogP contribution in [0.25, 0.3) is 22.4 Å². The average molecular weight is 450 g/mol. The zero-order valence-corrected chi connectivity index (χ0v) is 16.5. The molecule has 0 aliphatic heterocycles. The van der Waals surface area contributed by atoms with Crippen molar-refractivity contribution in [1.82, 2.24) is 9.97 Å². The Bertz CT molecular complexity index is 1250. The number of aromatic nitrogens is 2. The lowest BCUT2D eigenvalue weighted by Crippen LogP contribution is -2.13. The van der Waals surface area contributed by atoms with Gasteiger partial charge in [-0.25, -0.2) is 4.98 Å². The number of rotatable bonds is 3. The number of benzene rings is 3. The highest BCUT2D eigenvalue weighted by molar-refractivity contribution is 6.39. The number of nitrogens with zero attached hydrogens (tertiary/aromatic N) is 1. The van der Waals surface area contributed by atoms with Gasteiger partial charge in [-0.3, -0.25) is 4.79 Å². The van der Waals surface area contributed by atoms with Gasteiger partial charge in [0.05, 0.1) is 32.2 Å². The quantitative estimate of drug-likeness (QED) is 0.360. The van der Waals surface area contributed by atoms with Crippen molar-refractivity contribution in [3.8, 4) is 11.4 Å². The highest BCUT2D eigenvalue weighted by Crippen LogP contribution is 2.34. The maximum atomic E-state index is 12.9. The van der Waals surface area contributed by atoms with Crippen molar-refractivity contribution in [2.45, 2.75) is 6.18 Å². The molecule has 0 aliphatic carbocycles. The number of hydrogen-bond acceptors (Lipinski definition) is 2. The van der Waals surface area contributed by atoms with Crippen molar-refractivity contribution < 1.29 is 18.0 Å². The number of nitrogens with one attached hydrogen (secondary N) is 2. The topological polar surface area (TPSA) is 57.8 Å². The van der Waals surface area contributed by atoms with E-state index in [0.717, 1.165) is 12.1 Å². The van der Waals surface area contributed by atoms with Crippen LogP contribution in [0.3, 0.4) is 0 Å². The van der Waals surface area contributed by atoms with Crippen molar-refractivity contribution in [2.24, 2.45) is 0 Å². The lowest BCUT2D eigenvalue weighted by molar-refractivity contribution is -0.137. The van der Waals surface area contributed by atoms with E-state index in [4.69, 9.17) is 23.2 Å². The summed E-state index contributed by atoms with van der Waals surface area (Å²) in [6.45, 7) is 0. The summed E-state index contributed by atoms with van der Waals surface area (Å²) < 4.78 is 38.6. The Morgan fingerprint density at radius 2 is 1.67 bits per heavy atom. The van der Waals surface area contributed by atoms with Crippen molar-refractivity contribution in [1.29, 1.82) is 0 Å². The Morgan fingerprint density at radius 1 is 0.967 bits per heavy atom. The number of fused-ring (bicyclic) bond motifs is 1. The first-order valence-electron chi connectivity index (χ1n) is 8.65. The van der Waals surface area contributed by atoms with E-state index in [-0.39, 0.29) is 11.3 Å². The number of carbonyl (C=O) groups excluding carboxylic acids is 1. The van der Waals surface area contributed by atoms with E-state index in [0.29, 0.717) is 32.5 Å². The number of H-pyrrole nitrogens is 1. The predicted octanol–water partition coefficient (Wildman–Crippen LogP) is 6.81. The molecule has 0 unspecified atom stereocenters. The molecule has 3 aromatic carbocycles. The number of anilines is 1. The molecular formula is C21H12Cl2F3N3O. The zero-order valence-electron chi connectivity index (χ0n) is 15.0. The smallest absolute Gasteiger partial charge is 0.338 e. The highest BCUT2D eigenvalue weighted by Gasteiger charge is 2.30. The minimum atomic E-state index is -4.49. The van der Waals surface area contributed by atoms with E-state index in [1.807, 2.05) is 0 Å². The monoisotopic (exact) mass is 449 g/mol. The SMILES string of the molecule is O=C(Nc1cccc(C(F)(F)F)c1)c1ccc2nc(-c3c(Cl)cccc3Cl)[nH]c2c1. The molecular weight excluding hydrogens is 438 g/mol. The molecule has 2 N–H and O–H groups in total. The molecule has 1 amide bonds. The van der Waals surface area contributed by atoms with E-state index in [1.165, 1.54) is 18.2 Å². The number of halogens is 5. The second-order valence-corrected chi connectivity index (χ2v) is 7.26. The van der Waals surface area contributed by atoms with Gasteiger partial charge in [0, 0.05) is 11.3 Å². The van der Waals surface area contributed by atoms with E-state index in [2.05, 4.69) is 15.3 Å². The minimum absolute atomic E-state index is 0.0445. The third kappa shape index (κ3) is 3.99. The molecule has 0 radical (unpaired) electrons. The molecule has 0 aliphatic rings. The first-order chi connectivity index (χ1) is 14.2. The number of imidazole rings is 1. The number of carbonyl (C=O) groups is 1. The van der Waals surface area contributed by atoms with Gasteiger partial charge in [0.25, 0.3) is 5.91 Å². The molecule has 0 fully saturated rings. The normalized spacial score (nSPS) is 11.6. The molecule has 0 bridgehead atoms. The van der Waals surface area contributed by atoms with Crippen molar-refractivity contribution in [3.63, 3.8) is 0 Å². The van der Waals surface area contributed by atoms with Gasteiger partial charge in [0.2, 0.25) is 0 Å². The van der Waals surface area contributed by atoms with Gasteiger partial charge in [0.1, 0.15) is 5.82 Å². The minimum Gasteiger partial charge on any atom is -0.338 e. The van der Waals surface area contributed by atoms with Gasteiger partial charge in [-0.1, -0.05) is 35.3 Å². The Morgan fingerprint density at radius 3 is 2.37 bits per heavy atom. The van der Waals surface area contributed by atoms with Gasteiger partial charge >= 0.3 is 6.18 Å². The average Bonchev–Trinajstić information content (AvgIpc) is 3.10. The maximum Gasteiger partial charge on any atom is 0.416 e. The molecule has 30 heavy (non-hydrogen) atoms. The summed E-state index contributed by atoms with van der Waals surface area (Å²) in [5.74, 6) is -0.112. The fraction of sp³-hybridized carbons (Fsp3) is 0.0476. The lowest BCUT2D eigenvalue weighted by atomic mass is 10.1. The van der Waals surface area contributed by atoms with Crippen LogP contribution in [0, 0.1) is 0 Å². The van der Waals surface area contributed by atoms with Crippen LogP contribution < -0.4 is 5.32 Å². The van der Waals surface area contributed by atoms with Gasteiger partial charge in [-0.15, -0.1) is 0 Å². The Labute approximate surface area is 178 Å². The largest absolute Gasteiger partial charge is 0.416 e. The number of hydrogen-bond donors (Lipinski definition) is 2. The van der Waals surface area contributed by atoms with Crippen LogP contribution in [0.1, 0.15) is 15.9 Å². The molecule has 4 rings (SSSR count). The fourth-order valence-electron chi connectivity index (χ4n) is 2.97. The third-order valence-corrected chi connectivity index (χ3v) is 5.02. The summed E-state index contributed by atoms with van der Waals surface area (Å²) in [6.07, 6.45) is -4.49. The van der Waals surface area contributed by atoms with Crippen LogP contribution in [-0.4, -0.2) is 15.9 Å². The molecule has 152 valence electrons. The molecule has 0 saturated carbocycles. The van der Waals surface area contributed by atoms with Crippen LogP contribution in [0.4, 0.5) is 18.9 Å². The third-order valence-electron chi connectivity index (χ3n) is 4.39. The number of alkyl halides is 3. The summed E-state index contributed by atoms with van der Waals surface area (Å²) in [4.78, 5) is 20.1. The standard InChI is InChI=1S/C21H12Cl2F3N3O/c22-14-5-2-6-15(23)18(14)19-28-16-8-7-11(9-17(16)29-19)20(30)27-13-4-1-3-12(10-13)21(24,25)26/h1-10H,(H,27,30)(H,28,29). The molecule has 4 aromatic rings. The van der Waals surface area contributed by atoms with Crippen LogP contribution in [-0.2, 0) is 6.18 Å². The first-order valence-corrected chi connectivity index (χ1v) is 9.41. The summed E-state index contributed by atoms with van der Waals surface area (Å²) in [6, 6.07) is 14.2. The Kier molecular flexibility index (Phi) is 5.17. The predicted molar refractivity (Wildman–Crippen MR) is 111 cm³/mol. The Hall–Kier alpha value is -3.03. The van der Waals surface area contributed by atoms with E-state index in [1.54, 1.807) is 30.3 Å². The van der Waals surface area contributed by atoms with Crippen LogP contribution >= 0.6 is 23.2 Å². The molecule has 0 saturated heterocycles. The molecule has 0 atom stereocenters. The molecule has 4 nitrogen and oxygen atoms in total. The molecule has 1 heterocycles. The number of amides is 1. The van der Waals surface area contributed by atoms with E-state index < -0.39 is 17.6 Å². The zero-order chi connectivity index (χ0) is 21.5.